The largest absolute Gasteiger partial charge is 0.325 e. The lowest BCUT2D eigenvalue weighted by Crippen LogP contribution is -2.21. The van der Waals surface area contributed by atoms with E-state index in [1.165, 1.54) is 10.6 Å². The number of aromatic nitrogens is 2. The highest BCUT2D eigenvalue weighted by molar-refractivity contribution is 7.16. The lowest BCUT2D eigenvalue weighted by atomic mass is 10.2. The Morgan fingerprint density at radius 2 is 2.16 bits per heavy atom. The minimum absolute atomic E-state index is 0.274. The molecule has 0 amide bonds. The quantitative estimate of drug-likeness (QED) is 0.875. The van der Waals surface area contributed by atoms with Gasteiger partial charge in [0.2, 0.25) is 0 Å². The summed E-state index contributed by atoms with van der Waals surface area (Å²) in [6.45, 7) is 8.46. The van der Waals surface area contributed by atoms with Crippen LogP contribution < -0.4 is 5.32 Å². The van der Waals surface area contributed by atoms with Crippen LogP contribution in [0.3, 0.4) is 0 Å². The first-order valence-corrected chi connectivity index (χ1v) is 7.74. The van der Waals surface area contributed by atoms with Crippen LogP contribution in [0.25, 0.3) is 0 Å². The van der Waals surface area contributed by atoms with Gasteiger partial charge in [-0.25, -0.2) is 4.98 Å². The summed E-state index contributed by atoms with van der Waals surface area (Å²) >= 11 is 7.63. The Morgan fingerprint density at radius 1 is 1.37 bits per heavy atom. The van der Waals surface area contributed by atoms with Crippen molar-refractivity contribution in [1.29, 1.82) is 0 Å². The van der Waals surface area contributed by atoms with E-state index in [9.17, 15) is 0 Å². The van der Waals surface area contributed by atoms with Gasteiger partial charge in [-0.1, -0.05) is 25.4 Å². The maximum absolute atomic E-state index is 6.01. The van der Waals surface area contributed by atoms with E-state index in [4.69, 9.17) is 11.6 Å². The summed E-state index contributed by atoms with van der Waals surface area (Å²) in [5.41, 5.74) is 1.21. The number of nitrogens with zero attached hydrogens (tertiary/aromatic N) is 2. The molecular formula is C14H20ClN3S. The maximum Gasteiger partial charge on any atom is 0.0954 e. The molecule has 104 valence electrons. The molecule has 1 unspecified atom stereocenters. The molecule has 0 saturated heterocycles. The van der Waals surface area contributed by atoms with Gasteiger partial charge in [-0.2, -0.15) is 0 Å². The molecule has 0 spiro atoms. The van der Waals surface area contributed by atoms with Crippen LogP contribution in [-0.4, -0.2) is 16.1 Å². The molecule has 2 heterocycles. The van der Waals surface area contributed by atoms with E-state index in [2.05, 4.69) is 41.7 Å². The molecule has 0 bridgehead atoms. The standard InChI is InChI=1S/C14H20ClN3S/c1-10(2)6-16-7-12-8-17-9-18(12)11(3)13-4-5-14(15)19-13/h4-5,8-11,16H,6-7H2,1-3H3. The summed E-state index contributed by atoms with van der Waals surface area (Å²) in [4.78, 5) is 5.53. The molecule has 1 N–H and O–H groups in total. The predicted octanol–water partition coefficient (Wildman–Crippen LogP) is 3.95. The lowest BCUT2D eigenvalue weighted by Gasteiger charge is -2.16. The van der Waals surface area contributed by atoms with E-state index < -0.39 is 0 Å². The van der Waals surface area contributed by atoms with Crippen LogP contribution in [0, 0.1) is 5.92 Å². The van der Waals surface area contributed by atoms with Crippen molar-refractivity contribution in [2.45, 2.75) is 33.4 Å². The maximum atomic E-state index is 6.01. The Balaban J connectivity index is 2.06. The van der Waals surface area contributed by atoms with Crippen molar-refractivity contribution in [2.24, 2.45) is 5.92 Å². The monoisotopic (exact) mass is 297 g/mol. The first kappa shape index (κ1) is 14.6. The van der Waals surface area contributed by atoms with Crippen molar-refractivity contribution >= 4 is 22.9 Å². The van der Waals surface area contributed by atoms with Gasteiger partial charge in [0, 0.05) is 17.6 Å². The van der Waals surface area contributed by atoms with Gasteiger partial charge < -0.3 is 9.88 Å². The first-order valence-electron chi connectivity index (χ1n) is 6.54. The van der Waals surface area contributed by atoms with Gasteiger partial charge in [0.15, 0.2) is 0 Å². The molecule has 1 atom stereocenters. The van der Waals surface area contributed by atoms with Gasteiger partial charge in [-0.05, 0) is 31.5 Å². The number of rotatable bonds is 6. The molecular weight excluding hydrogens is 278 g/mol. The zero-order chi connectivity index (χ0) is 13.8. The molecule has 0 saturated carbocycles. The first-order chi connectivity index (χ1) is 9.08. The van der Waals surface area contributed by atoms with Crippen molar-refractivity contribution in [2.75, 3.05) is 6.54 Å². The lowest BCUT2D eigenvalue weighted by molar-refractivity contribution is 0.527. The fraction of sp³-hybridized carbons (Fsp3) is 0.500. The Labute approximate surface area is 123 Å². The molecule has 0 radical (unpaired) electrons. The molecule has 0 aliphatic rings. The summed E-state index contributed by atoms with van der Waals surface area (Å²) < 4.78 is 3.04. The number of hydrogen-bond acceptors (Lipinski definition) is 3. The second kappa shape index (κ2) is 6.55. The second-order valence-electron chi connectivity index (χ2n) is 5.13. The van der Waals surface area contributed by atoms with Crippen LogP contribution in [-0.2, 0) is 6.54 Å². The van der Waals surface area contributed by atoms with Crippen molar-refractivity contribution in [3.8, 4) is 0 Å². The van der Waals surface area contributed by atoms with E-state index in [0.29, 0.717) is 5.92 Å². The number of thiophene rings is 1. The smallest absolute Gasteiger partial charge is 0.0954 e. The molecule has 0 fully saturated rings. The van der Waals surface area contributed by atoms with Crippen molar-refractivity contribution < 1.29 is 0 Å². The molecule has 3 nitrogen and oxygen atoms in total. The van der Waals surface area contributed by atoms with Crippen LogP contribution in [0.1, 0.15) is 37.4 Å². The number of nitrogens with one attached hydrogen (secondary N) is 1. The Morgan fingerprint density at radius 3 is 2.79 bits per heavy atom. The Kier molecular flexibility index (Phi) is 5.02. The third-order valence-corrected chi connectivity index (χ3v) is 4.43. The number of halogens is 1. The average molecular weight is 298 g/mol. The minimum Gasteiger partial charge on any atom is -0.325 e. The third kappa shape index (κ3) is 3.81. The van der Waals surface area contributed by atoms with E-state index in [1.54, 1.807) is 11.3 Å². The normalized spacial score (nSPS) is 13.1. The summed E-state index contributed by atoms with van der Waals surface area (Å²) in [6, 6.07) is 4.31. The van der Waals surface area contributed by atoms with E-state index >= 15 is 0 Å². The van der Waals surface area contributed by atoms with Crippen LogP contribution in [0.4, 0.5) is 0 Å². The minimum atomic E-state index is 0.274. The highest BCUT2D eigenvalue weighted by Gasteiger charge is 2.13. The molecule has 2 aromatic heterocycles. The fourth-order valence-corrected chi connectivity index (χ4v) is 3.11. The zero-order valence-corrected chi connectivity index (χ0v) is 13.1. The number of hydrogen-bond donors (Lipinski definition) is 1. The van der Waals surface area contributed by atoms with Gasteiger partial charge in [-0.3, -0.25) is 0 Å². The van der Waals surface area contributed by atoms with E-state index in [-0.39, 0.29) is 6.04 Å². The molecule has 19 heavy (non-hydrogen) atoms. The van der Waals surface area contributed by atoms with Gasteiger partial charge in [0.1, 0.15) is 0 Å². The van der Waals surface area contributed by atoms with Gasteiger partial charge >= 0.3 is 0 Å². The molecule has 2 aromatic rings. The summed E-state index contributed by atoms with van der Waals surface area (Å²) in [5, 5.41) is 3.46. The van der Waals surface area contributed by atoms with Crippen molar-refractivity contribution in [1.82, 2.24) is 14.9 Å². The topological polar surface area (TPSA) is 29.9 Å². The van der Waals surface area contributed by atoms with Crippen LogP contribution in [0.5, 0.6) is 0 Å². The van der Waals surface area contributed by atoms with Crippen LogP contribution in [0.15, 0.2) is 24.7 Å². The van der Waals surface area contributed by atoms with Gasteiger partial charge in [0.25, 0.3) is 0 Å². The molecule has 2 rings (SSSR count). The van der Waals surface area contributed by atoms with E-state index in [0.717, 1.165) is 17.4 Å². The highest BCUT2D eigenvalue weighted by Crippen LogP contribution is 2.29. The Bertz CT molecular complexity index is 518. The van der Waals surface area contributed by atoms with Crippen LogP contribution >= 0.6 is 22.9 Å². The average Bonchev–Trinajstić information content (AvgIpc) is 2.97. The second-order valence-corrected chi connectivity index (χ2v) is 6.88. The predicted molar refractivity (Wildman–Crippen MR) is 81.9 cm³/mol. The Hall–Kier alpha value is -0.840. The summed E-state index contributed by atoms with van der Waals surface area (Å²) in [7, 11) is 0. The zero-order valence-electron chi connectivity index (χ0n) is 11.6. The third-order valence-electron chi connectivity index (χ3n) is 3.03. The molecule has 5 heteroatoms. The van der Waals surface area contributed by atoms with Crippen molar-refractivity contribution in [3.05, 3.63) is 39.6 Å². The SMILES string of the molecule is CC(C)CNCc1cncn1C(C)c1ccc(Cl)s1. The molecule has 0 aliphatic carbocycles. The van der Waals surface area contributed by atoms with Crippen LogP contribution in [0.2, 0.25) is 4.34 Å². The summed E-state index contributed by atoms with van der Waals surface area (Å²) in [6.07, 6.45) is 3.82. The van der Waals surface area contributed by atoms with Gasteiger partial charge in [0.05, 0.1) is 22.4 Å². The van der Waals surface area contributed by atoms with E-state index in [1.807, 2.05) is 18.6 Å². The molecule has 0 aliphatic heterocycles. The molecule has 0 aromatic carbocycles. The highest BCUT2D eigenvalue weighted by atomic mass is 35.5. The fourth-order valence-electron chi connectivity index (χ4n) is 2.00. The summed E-state index contributed by atoms with van der Waals surface area (Å²) in [5.74, 6) is 0.657. The van der Waals surface area contributed by atoms with Crippen molar-refractivity contribution in [3.63, 3.8) is 0 Å². The number of imidazole rings is 1. The van der Waals surface area contributed by atoms with Gasteiger partial charge in [-0.15, -0.1) is 11.3 Å².